The highest BCUT2D eigenvalue weighted by atomic mass is 16.6. The van der Waals surface area contributed by atoms with Crippen LogP contribution in [0.4, 0.5) is 0 Å². The van der Waals surface area contributed by atoms with Crippen LogP contribution in [0.3, 0.4) is 0 Å². The van der Waals surface area contributed by atoms with Gasteiger partial charge in [0.2, 0.25) is 0 Å². The maximum absolute atomic E-state index is 12.2. The Bertz CT molecular complexity index is 360. The summed E-state index contributed by atoms with van der Waals surface area (Å²) in [5.41, 5.74) is 0. The molecule has 0 aliphatic carbocycles. The SMILES string of the molecule is CCCCCCCCN1CCC(C(C(=O)OCC)C(=O)OCC)CC1. The van der Waals surface area contributed by atoms with Gasteiger partial charge in [-0.1, -0.05) is 39.0 Å². The van der Waals surface area contributed by atoms with Crippen molar-refractivity contribution < 1.29 is 19.1 Å². The van der Waals surface area contributed by atoms with Crippen LogP contribution in [0.25, 0.3) is 0 Å². The summed E-state index contributed by atoms with van der Waals surface area (Å²) in [4.78, 5) is 26.9. The van der Waals surface area contributed by atoms with Crippen molar-refractivity contribution in [3.8, 4) is 0 Å². The van der Waals surface area contributed by atoms with Crippen LogP contribution in [0.15, 0.2) is 0 Å². The molecule has 1 fully saturated rings. The predicted octanol–water partition coefficient (Wildman–Crippen LogP) is 3.80. The standard InChI is InChI=1S/C20H37NO4/c1-4-7-8-9-10-11-14-21-15-12-17(13-16-21)18(19(22)24-5-2)20(23)25-6-3/h17-18H,4-16H2,1-3H3. The molecule has 0 aromatic heterocycles. The van der Waals surface area contributed by atoms with Crippen LogP contribution < -0.4 is 0 Å². The molecule has 0 spiro atoms. The van der Waals surface area contributed by atoms with Gasteiger partial charge >= 0.3 is 11.9 Å². The molecule has 0 saturated carbocycles. The lowest BCUT2D eigenvalue weighted by molar-refractivity contribution is -0.165. The third-order valence-corrected chi connectivity index (χ3v) is 5.01. The number of ether oxygens (including phenoxy) is 2. The maximum Gasteiger partial charge on any atom is 0.320 e. The molecule has 0 atom stereocenters. The summed E-state index contributed by atoms with van der Waals surface area (Å²) < 4.78 is 10.2. The van der Waals surface area contributed by atoms with Gasteiger partial charge in [-0.05, 0) is 58.7 Å². The predicted molar refractivity (Wildman–Crippen MR) is 99.3 cm³/mol. The number of likely N-dealkylation sites (tertiary alicyclic amines) is 1. The Hall–Kier alpha value is -1.10. The molecule has 1 rings (SSSR count). The fraction of sp³-hybridized carbons (Fsp3) is 0.900. The van der Waals surface area contributed by atoms with Crippen molar-refractivity contribution in [1.29, 1.82) is 0 Å². The second-order valence-electron chi connectivity index (χ2n) is 6.93. The molecule has 0 aromatic carbocycles. The van der Waals surface area contributed by atoms with Gasteiger partial charge in [0, 0.05) is 0 Å². The number of esters is 2. The maximum atomic E-state index is 12.2. The van der Waals surface area contributed by atoms with E-state index in [-0.39, 0.29) is 5.92 Å². The van der Waals surface area contributed by atoms with Crippen LogP contribution in [0.5, 0.6) is 0 Å². The van der Waals surface area contributed by atoms with Gasteiger partial charge in [0.05, 0.1) is 13.2 Å². The highest BCUT2D eigenvalue weighted by Gasteiger charge is 2.38. The third kappa shape index (κ3) is 8.21. The summed E-state index contributed by atoms with van der Waals surface area (Å²) in [6.07, 6.45) is 9.57. The molecule has 146 valence electrons. The van der Waals surface area contributed by atoms with Gasteiger partial charge in [0.15, 0.2) is 5.92 Å². The quantitative estimate of drug-likeness (QED) is 0.303. The van der Waals surface area contributed by atoms with Crippen LogP contribution in [-0.2, 0) is 19.1 Å². The van der Waals surface area contributed by atoms with Crippen molar-refractivity contribution in [2.24, 2.45) is 11.8 Å². The summed E-state index contributed by atoms with van der Waals surface area (Å²) in [5, 5.41) is 0. The number of unbranched alkanes of at least 4 members (excludes halogenated alkanes) is 5. The van der Waals surface area contributed by atoms with Crippen molar-refractivity contribution in [3.05, 3.63) is 0 Å². The molecule has 0 bridgehead atoms. The normalized spacial score (nSPS) is 16.2. The molecule has 0 unspecified atom stereocenters. The Balaban J connectivity index is 2.38. The van der Waals surface area contributed by atoms with Crippen LogP contribution >= 0.6 is 0 Å². The molecular formula is C20H37NO4. The van der Waals surface area contributed by atoms with Crippen LogP contribution in [0.1, 0.15) is 72.1 Å². The average molecular weight is 356 g/mol. The van der Waals surface area contributed by atoms with E-state index in [2.05, 4.69) is 11.8 Å². The average Bonchev–Trinajstić information content (AvgIpc) is 2.60. The zero-order chi connectivity index (χ0) is 18.5. The first-order valence-electron chi connectivity index (χ1n) is 10.2. The van der Waals surface area contributed by atoms with Gasteiger partial charge in [0.25, 0.3) is 0 Å². The van der Waals surface area contributed by atoms with E-state index in [1.807, 2.05) is 0 Å². The molecule has 5 heteroatoms. The fourth-order valence-corrected chi connectivity index (χ4v) is 3.57. The van der Waals surface area contributed by atoms with Gasteiger partial charge in [-0.25, -0.2) is 0 Å². The van der Waals surface area contributed by atoms with Gasteiger partial charge in [0.1, 0.15) is 0 Å². The van der Waals surface area contributed by atoms with Crippen LogP contribution in [0, 0.1) is 11.8 Å². The van der Waals surface area contributed by atoms with E-state index >= 15 is 0 Å². The summed E-state index contributed by atoms with van der Waals surface area (Å²) in [7, 11) is 0. The van der Waals surface area contributed by atoms with E-state index in [0.29, 0.717) is 13.2 Å². The summed E-state index contributed by atoms with van der Waals surface area (Å²) in [6, 6.07) is 0. The minimum absolute atomic E-state index is 0.0407. The van der Waals surface area contributed by atoms with Crippen molar-refractivity contribution in [2.45, 2.75) is 72.1 Å². The number of piperidine rings is 1. The number of carbonyl (C=O) groups excluding carboxylic acids is 2. The minimum atomic E-state index is -0.754. The lowest BCUT2D eigenvalue weighted by Crippen LogP contribution is -2.42. The molecule has 0 radical (unpaired) electrons. The summed E-state index contributed by atoms with van der Waals surface area (Å²) in [6.45, 7) is 9.40. The number of rotatable bonds is 12. The molecule has 0 aromatic rings. The Labute approximate surface area is 153 Å². The first kappa shape index (κ1) is 21.9. The zero-order valence-corrected chi connectivity index (χ0v) is 16.4. The second-order valence-corrected chi connectivity index (χ2v) is 6.93. The smallest absolute Gasteiger partial charge is 0.320 e. The van der Waals surface area contributed by atoms with E-state index in [1.54, 1.807) is 13.8 Å². The highest BCUT2D eigenvalue weighted by molar-refractivity contribution is 5.95. The lowest BCUT2D eigenvalue weighted by atomic mass is 9.84. The zero-order valence-electron chi connectivity index (χ0n) is 16.4. The minimum Gasteiger partial charge on any atom is -0.465 e. The first-order valence-corrected chi connectivity index (χ1v) is 10.2. The van der Waals surface area contributed by atoms with Gasteiger partial charge < -0.3 is 14.4 Å². The Morgan fingerprint density at radius 1 is 0.880 bits per heavy atom. The molecule has 1 saturated heterocycles. The number of carbonyl (C=O) groups is 2. The number of hydrogen-bond donors (Lipinski definition) is 0. The van der Waals surface area contributed by atoms with Crippen molar-refractivity contribution in [1.82, 2.24) is 4.90 Å². The molecule has 1 aliphatic rings. The molecule has 25 heavy (non-hydrogen) atoms. The summed E-state index contributed by atoms with van der Waals surface area (Å²) in [5.74, 6) is -1.55. The number of hydrogen-bond acceptors (Lipinski definition) is 5. The largest absolute Gasteiger partial charge is 0.465 e. The van der Waals surface area contributed by atoms with E-state index in [0.717, 1.165) is 32.5 Å². The lowest BCUT2D eigenvalue weighted by Gasteiger charge is -2.34. The van der Waals surface area contributed by atoms with Crippen molar-refractivity contribution >= 4 is 11.9 Å². The highest BCUT2D eigenvalue weighted by Crippen LogP contribution is 2.27. The van der Waals surface area contributed by atoms with Gasteiger partial charge in [-0.2, -0.15) is 0 Å². The fourth-order valence-electron chi connectivity index (χ4n) is 3.57. The van der Waals surface area contributed by atoms with Gasteiger partial charge in [-0.3, -0.25) is 9.59 Å². The van der Waals surface area contributed by atoms with E-state index in [4.69, 9.17) is 9.47 Å². The van der Waals surface area contributed by atoms with Crippen LogP contribution in [0.2, 0.25) is 0 Å². The molecule has 5 nitrogen and oxygen atoms in total. The van der Waals surface area contributed by atoms with Crippen molar-refractivity contribution in [2.75, 3.05) is 32.8 Å². The first-order chi connectivity index (χ1) is 12.1. The van der Waals surface area contributed by atoms with Crippen LogP contribution in [-0.4, -0.2) is 49.7 Å². The van der Waals surface area contributed by atoms with E-state index < -0.39 is 17.9 Å². The third-order valence-electron chi connectivity index (χ3n) is 5.01. The van der Waals surface area contributed by atoms with E-state index in [1.165, 1.54) is 38.5 Å². The van der Waals surface area contributed by atoms with Gasteiger partial charge in [-0.15, -0.1) is 0 Å². The molecule has 0 N–H and O–H groups in total. The van der Waals surface area contributed by atoms with E-state index in [9.17, 15) is 9.59 Å². The number of nitrogens with zero attached hydrogens (tertiary/aromatic N) is 1. The summed E-state index contributed by atoms with van der Waals surface area (Å²) >= 11 is 0. The van der Waals surface area contributed by atoms with Crippen molar-refractivity contribution in [3.63, 3.8) is 0 Å². The monoisotopic (exact) mass is 355 g/mol. The second kappa shape index (κ2) is 13.2. The molecular weight excluding hydrogens is 318 g/mol. The Morgan fingerprint density at radius 2 is 1.40 bits per heavy atom. The molecule has 0 amide bonds. The Morgan fingerprint density at radius 3 is 1.92 bits per heavy atom. The molecule has 1 heterocycles. The topological polar surface area (TPSA) is 55.8 Å². The Kier molecular flexibility index (Phi) is 11.5. The molecule has 1 aliphatic heterocycles.